The molecule has 0 radical (unpaired) electrons. The van der Waals surface area contributed by atoms with Gasteiger partial charge in [0.05, 0.1) is 7.98 Å². The lowest BCUT2D eigenvalue weighted by Gasteiger charge is -2.49. The zero-order valence-corrected chi connectivity index (χ0v) is 27.1. The molecule has 2 aliphatic rings. The third-order valence-corrected chi connectivity index (χ3v) is 6.37. The molecule has 0 aromatic heterocycles. The van der Waals surface area contributed by atoms with Gasteiger partial charge in [-0.3, -0.25) is 33.6 Å². The zero-order valence-electron chi connectivity index (χ0n) is 28.1. The molecule has 2 fully saturated rings. The summed E-state index contributed by atoms with van der Waals surface area (Å²) in [6.07, 6.45) is -11.0. The highest BCUT2D eigenvalue weighted by Crippen LogP contribution is 2.33. The fourth-order valence-corrected chi connectivity index (χ4v) is 4.87. The molecule has 18 heteroatoms. The Morgan fingerprint density at radius 1 is 0.660 bits per heavy atom. The van der Waals surface area contributed by atoms with Crippen LogP contribution in [-0.4, -0.2) is 123 Å². The van der Waals surface area contributed by atoms with Crippen molar-refractivity contribution in [1.29, 1.82) is 0 Å². The standard InChI is InChI=1S/C29H42N2O16/c1-9-10-39-28-22(30-13(2)32)26(43-18(7)37)25(21(45-28)12-41-16(5)35)47-29-23(31-14(3)33)27(44-19(8)38)24(42-17(6)36)20(46-29)11-40-15(4)34/h9,20-29H,1,10-12H2,2-8H3,(H,30,32)(H,31,33)/t20-,21-,22-,23-,24-,25-,26-,27-,28-,29+/m1/s1/i12D/t12-,20+,21+,22+,23+,24+,25+,26+,27+,28+,29-/m0. The van der Waals surface area contributed by atoms with Crippen molar-refractivity contribution in [2.75, 3.05) is 19.8 Å². The summed E-state index contributed by atoms with van der Waals surface area (Å²) in [5, 5.41) is 5.09. The number of carbonyl (C=O) groups excluding carboxylic acids is 7. The van der Waals surface area contributed by atoms with E-state index in [1.54, 1.807) is 0 Å². The molecule has 0 bridgehead atoms. The summed E-state index contributed by atoms with van der Waals surface area (Å²) in [5.41, 5.74) is 0. The summed E-state index contributed by atoms with van der Waals surface area (Å²) >= 11 is 0. The van der Waals surface area contributed by atoms with Gasteiger partial charge in [0.25, 0.3) is 0 Å². The van der Waals surface area contributed by atoms with Crippen molar-refractivity contribution in [3.8, 4) is 0 Å². The van der Waals surface area contributed by atoms with Gasteiger partial charge in [0.2, 0.25) is 11.8 Å². The molecule has 11 atom stereocenters. The van der Waals surface area contributed by atoms with E-state index in [9.17, 15) is 33.6 Å². The van der Waals surface area contributed by atoms with E-state index in [4.69, 9.17) is 44.0 Å². The van der Waals surface area contributed by atoms with Crippen molar-refractivity contribution < 1.29 is 77.6 Å². The van der Waals surface area contributed by atoms with Crippen LogP contribution in [0.25, 0.3) is 0 Å². The number of hydrogen-bond donors (Lipinski definition) is 2. The molecule has 0 spiro atoms. The van der Waals surface area contributed by atoms with Gasteiger partial charge in [-0.1, -0.05) is 6.08 Å². The largest absolute Gasteiger partial charge is 0.463 e. The van der Waals surface area contributed by atoms with E-state index >= 15 is 0 Å². The van der Waals surface area contributed by atoms with E-state index in [1.165, 1.54) is 13.0 Å². The van der Waals surface area contributed by atoms with Gasteiger partial charge in [0, 0.05) is 48.5 Å². The molecule has 18 nitrogen and oxygen atoms in total. The Labute approximate surface area is 272 Å². The average Bonchev–Trinajstić information content (AvgIpc) is 2.94. The van der Waals surface area contributed by atoms with Gasteiger partial charge in [-0.05, 0) is 0 Å². The van der Waals surface area contributed by atoms with Gasteiger partial charge in [-0.15, -0.1) is 6.58 Å². The van der Waals surface area contributed by atoms with Gasteiger partial charge in [0.1, 0.15) is 43.6 Å². The van der Waals surface area contributed by atoms with Crippen molar-refractivity contribution in [2.45, 2.75) is 110 Å². The molecule has 0 aliphatic carbocycles. The maximum Gasteiger partial charge on any atom is 0.303 e. The first-order chi connectivity index (χ1) is 22.4. The van der Waals surface area contributed by atoms with E-state index in [2.05, 4.69) is 17.2 Å². The minimum absolute atomic E-state index is 0.127. The summed E-state index contributed by atoms with van der Waals surface area (Å²) < 4.78 is 59.3. The van der Waals surface area contributed by atoms with Crippen LogP contribution in [0.3, 0.4) is 0 Å². The van der Waals surface area contributed by atoms with Crippen molar-refractivity contribution in [1.82, 2.24) is 10.6 Å². The third kappa shape index (κ3) is 12.2. The quantitative estimate of drug-likeness (QED) is 0.127. The highest BCUT2D eigenvalue weighted by molar-refractivity contribution is 5.74. The Balaban J connectivity index is 2.77. The minimum atomic E-state index is -1.86. The van der Waals surface area contributed by atoms with Gasteiger partial charge < -0.3 is 53.3 Å². The monoisotopic (exact) mass is 675 g/mol. The van der Waals surface area contributed by atoms with E-state index in [0.717, 1.165) is 41.5 Å². The molecule has 0 unspecified atom stereocenters. The molecule has 2 amide bonds. The maximum atomic E-state index is 12.4. The van der Waals surface area contributed by atoms with Crippen molar-refractivity contribution in [3.63, 3.8) is 0 Å². The number of esters is 5. The highest BCUT2D eigenvalue weighted by Gasteiger charge is 2.56. The fourth-order valence-electron chi connectivity index (χ4n) is 4.87. The molecule has 2 aliphatic heterocycles. The number of carbonyl (C=O) groups is 7. The second kappa shape index (κ2) is 18.3. The van der Waals surface area contributed by atoms with Crippen LogP contribution in [0.4, 0.5) is 0 Å². The predicted molar refractivity (Wildman–Crippen MR) is 153 cm³/mol. The molecule has 2 saturated heterocycles. The topological polar surface area (TPSA) is 227 Å². The summed E-state index contributed by atoms with van der Waals surface area (Å²) in [6, 6.07) is -2.79. The minimum Gasteiger partial charge on any atom is -0.463 e. The van der Waals surface area contributed by atoms with Crippen LogP contribution in [-0.2, 0) is 76.2 Å². The summed E-state index contributed by atoms with van der Waals surface area (Å²) in [6.45, 7) is 8.61. The van der Waals surface area contributed by atoms with E-state index in [1.807, 2.05) is 0 Å². The number of rotatable bonds is 14. The van der Waals surface area contributed by atoms with Crippen molar-refractivity contribution in [3.05, 3.63) is 12.7 Å². The number of amides is 2. The van der Waals surface area contributed by atoms with Gasteiger partial charge >= 0.3 is 29.8 Å². The lowest BCUT2D eigenvalue weighted by Crippen LogP contribution is -2.70. The number of hydrogen-bond acceptors (Lipinski definition) is 16. The first-order valence-corrected chi connectivity index (χ1v) is 14.4. The molecule has 264 valence electrons. The van der Waals surface area contributed by atoms with Crippen LogP contribution in [0.5, 0.6) is 0 Å². The smallest absolute Gasteiger partial charge is 0.303 e. The Morgan fingerprint density at radius 3 is 1.60 bits per heavy atom. The summed E-state index contributed by atoms with van der Waals surface area (Å²) in [5.74, 6) is -5.52. The molecule has 0 aromatic carbocycles. The molecule has 47 heavy (non-hydrogen) atoms. The highest BCUT2D eigenvalue weighted by atomic mass is 16.7. The molecule has 2 heterocycles. The molecular formula is C29H42N2O16. The van der Waals surface area contributed by atoms with Crippen LogP contribution >= 0.6 is 0 Å². The molecular weight excluding hydrogens is 632 g/mol. The van der Waals surface area contributed by atoms with Crippen LogP contribution in [0.2, 0.25) is 0 Å². The second-order valence-corrected chi connectivity index (χ2v) is 10.5. The third-order valence-electron chi connectivity index (χ3n) is 6.37. The maximum absolute atomic E-state index is 12.4. The number of nitrogens with one attached hydrogen (secondary N) is 2. The Morgan fingerprint density at radius 2 is 1.13 bits per heavy atom. The van der Waals surface area contributed by atoms with Crippen molar-refractivity contribution >= 4 is 41.7 Å². The van der Waals surface area contributed by atoms with E-state index < -0.39 is 116 Å². The fraction of sp³-hybridized carbons (Fsp3) is 0.690. The molecule has 2 N–H and O–H groups in total. The lowest BCUT2D eigenvalue weighted by molar-refractivity contribution is -0.333. The Kier molecular flexibility index (Phi) is 14.5. The van der Waals surface area contributed by atoms with Crippen LogP contribution in [0.1, 0.15) is 49.8 Å². The lowest BCUT2D eigenvalue weighted by atomic mass is 9.94. The van der Waals surface area contributed by atoms with Crippen LogP contribution in [0.15, 0.2) is 12.7 Å². The Bertz CT molecular complexity index is 1220. The normalized spacial score (nSPS) is 31.1. The van der Waals surface area contributed by atoms with Gasteiger partial charge in [0.15, 0.2) is 30.9 Å². The average molecular weight is 676 g/mol. The second-order valence-electron chi connectivity index (χ2n) is 10.5. The summed E-state index contributed by atoms with van der Waals surface area (Å²) in [7, 11) is 0. The predicted octanol–water partition coefficient (Wildman–Crippen LogP) is -1.05. The van der Waals surface area contributed by atoms with Crippen molar-refractivity contribution in [2.24, 2.45) is 0 Å². The van der Waals surface area contributed by atoms with Gasteiger partial charge in [-0.25, -0.2) is 0 Å². The molecule has 0 aromatic rings. The van der Waals surface area contributed by atoms with E-state index in [0.29, 0.717) is 0 Å². The number of ether oxygens (including phenoxy) is 9. The first-order valence-electron chi connectivity index (χ1n) is 15.0. The van der Waals surface area contributed by atoms with Crippen LogP contribution < -0.4 is 10.6 Å². The molecule has 0 saturated carbocycles. The Hall–Kier alpha value is -4.13. The van der Waals surface area contributed by atoms with Gasteiger partial charge in [-0.2, -0.15) is 0 Å². The zero-order chi connectivity index (χ0) is 36.3. The SMILES string of the molecule is [2H][C@H](OC(C)=O)[C@H]1O[C@@H](OCC=C)[C@H](NC(C)=O)[C@@H](OC(C)=O)[C@@H]1O[C@@H]1O[C@H](COC(C)=O)[C@@H](OC(C)=O)[C@H](OC(C)=O)[C@H]1NC(C)=O. The molecule has 2 rings (SSSR count). The summed E-state index contributed by atoms with van der Waals surface area (Å²) in [4.78, 5) is 85.2. The van der Waals surface area contributed by atoms with Crippen LogP contribution in [0, 0.1) is 0 Å². The van der Waals surface area contributed by atoms with E-state index in [-0.39, 0.29) is 6.61 Å². The first kappa shape index (κ1) is 37.3.